The van der Waals surface area contributed by atoms with Gasteiger partial charge in [-0.15, -0.1) is 0 Å². The van der Waals surface area contributed by atoms with E-state index in [1.807, 2.05) is 39.0 Å². The van der Waals surface area contributed by atoms with Gasteiger partial charge >= 0.3 is 0 Å². The first-order chi connectivity index (χ1) is 12.9. The predicted octanol–water partition coefficient (Wildman–Crippen LogP) is 2.09. The van der Waals surface area contributed by atoms with E-state index in [-0.39, 0.29) is 17.7 Å². The van der Waals surface area contributed by atoms with E-state index in [2.05, 4.69) is 15.2 Å². The van der Waals surface area contributed by atoms with Crippen LogP contribution in [-0.4, -0.2) is 47.9 Å². The predicted molar refractivity (Wildman–Crippen MR) is 107 cm³/mol. The third-order valence-corrected chi connectivity index (χ3v) is 5.48. The minimum absolute atomic E-state index is 0.0722. The number of fused-ring (bicyclic) bond motifs is 1. The van der Waals surface area contributed by atoms with Crippen molar-refractivity contribution in [3.8, 4) is 0 Å². The number of carbonyl (C=O) groups excluding carboxylic acids is 2. The molecule has 2 heterocycles. The van der Waals surface area contributed by atoms with Crippen molar-refractivity contribution in [1.82, 2.24) is 15.2 Å². The van der Waals surface area contributed by atoms with Gasteiger partial charge in [-0.25, -0.2) is 0 Å². The molecule has 27 heavy (non-hydrogen) atoms. The van der Waals surface area contributed by atoms with Gasteiger partial charge in [0.05, 0.1) is 17.0 Å². The maximum Gasteiger partial charge on any atom is 0.252 e. The Morgan fingerprint density at radius 3 is 2.81 bits per heavy atom. The molecule has 2 amide bonds. The summed E-state index contributed by atoms with van der Waals surface area (Å²) in [5.74, 6) is -0.378. The number of pyridine rings is 1. The number of nitrogens with one attached hydrogen (secondary N) is 1. The first-order valence-electron chi connectivity index (χ1n) is 9.54. The van der Waals surface area contributed by atoms with Crippen LogP contribution in [0.15, 0.2) is 18.2 Å². The second-order valence-corrected chi connectivity index (χ2v) is 7.52. The fourth-order valence-corrected chi connectivity index (χ4v) is 3.79. The Bertz CT molecular complexity index is 878. The van der Waals surface area contributed by atoms with Crippen LogP contribution in [0.25, 0.3) is 10.9 Å². The highest BCUT2D eigenvalue weighted by Gasteiger charge is 2.24. The van der Waals surface area contributed by atoms with Crippen molar-refractivity contribution in [3.63, 3.8) is 0 Å². The number of rotatable bonds is 5. The maximum absolute atomic E-state index is 12.9. The number of nitrogens with two attached hydrogens (primary N) is 1. The van der Waals surface area contributed by atoms with E-state index in [0.29, 0.717) is 18.7 Å². The molecule has 0 unspecified atom stereocenters. The molecule has 6 nitrogen and oxygen atoms in total. The number of hydrogen-bond donors (Lipinski definition) is 2. The van der Waals surface area contributed by atoms with Gasteiger partial charge in [0, 0.05) is 30.7 Å². The average Bonchev–Trinajstić information content (AvgIpc) is 2.63. The molecule has 0 saturated carbocycles. The molecule has 1 aromatic carbocycles. The van der Waals surface area contributed by atoms with Crippen LogP contribution in [0.3, 0.4) is 0 Å². The van der Waals surface area contributed by atoms with Crippen molar-refractivity contribution in [1.29, 1.82) is 0 Å². The molecule has 2 aromatic rings. The molecular weight excluding hydrogens is 340 g/mol. The molecule has 1 atom stereocenters. The monoisotopic (exact) mass is 368 g/mol. The summed E-state index contributed by atoms with van der Waals surface area (Å²) in [6, 6.07) is 5.99. The number of benzene rings is 1. The van der Waals surface area contributed by atoms with E-state index >= 15 is 0 Å². The highest BCUT2D eigenvalue weighted by atomic mass is 16.2. The fourth-order valence-electron chi connectivity index (χ4n) is 3.79. The van der Waals surface area contributed by atoms with Crippen molar-refractivity contribution in [3.05, 3.63) is 40.6 Å². The van der Waals surface area contributed by atoms with Gasteiger partial charge in [-0.2, -0.15) is 0 Å². The van der Waals surface area contributed by atoms with E-state index in [1.54, 1.807) is 0 Å². The Morgan fingerprint density at radius 2 is 2.07 bits per heavy atom. The first-order valence-corrected chi connectivity index (χ1v) is 9.54. The molecule has 3 N–H and O–H groups in total. The lowest BCUT2D eigenvalue weighted by atomic mass is 9.97. The number of carbonyl (C=O) groups is 2. The number of piperidine rings is 1. The molecular formula is C21H28N4O2. The Hall–Kier alpha value is -2.47. The van der Waals surface area contributed by atoms with Gasteiger partial charge in [-0.05, 0) is 57.9 Å². The summed E-state index contributed by atoms with van der Waals surface area (Å²) >= 11 is 0. The first kappa shape index (κ1) is 19.3. The Kier molecular flexibility index (Phi) is 5.75. The fraction of sp³-hybridized carbons (Fsp3) is 0.476. The van der Waals surface area contributed by atoms with E-state index in [0.717, 1.165) is 53.7 Å². The number of hydrogen-bond acceptors (Lipinski definition) is 4. The second-order valence-electron chi connectivity index (χ2n) is 7.52. The van der Waals surface area contributed by atoms with Crippen molar-refractivity contribution < 1.29 is 9.59 Å². The van der Waals surface area contributed by atoms with E-state index < -0.39 is 0 Å². The molecule has 0 radical (unpaired) electrons. The van der Waals surface area contributed by atoms with Gasteiger partial charge in [-0.3, -0.25) is 14.6 Å². The summed E-state index contributed by atoms with van der Waals surface area (Å²) in [5.41, 5.74) is 9.87. The highest BCUT2D eigenvalue weighted by molar-refractivity contribution is 6.07. The lowest BCUT2D eigenvalue weighted by Crippen LogP contribution is -2.44. The highest BCUT2D eigenvalue weighted by Crippen LogP contribution is 2.24. The summed E-state index contributed by atoms with van der Waals surface area (Å²) in [6.07, 6.45) is 1.83. The summed E-state index contributed by atoms with van der Waals surface area (Å²) in [7, 11) is 0. The number of primary amides is 1. The standard InChI is InChI=1S/C21H28N4O2/c1-13-6-7-18-17(11-13)19(14(2)15(3)24-18)21(27)23-8-10-25-9-4-5-16(12-25)20(22)26/h6-7,11,16H,4-5,8-10,12H2,1-3H3,(H2,22,26)(H,23,27)/t16-/m0/s1. The zero-order chi connectivity index (χ0) is 19.6. The smallest absolute Gasteiger partial charge is 0.252 e. The lowest BCUT2D eigenvalue weighted by molar-refractivity contribution is -0.123. The molecule has 0 aliphatic carbocycles. The zero-order valence-electron chi connectivity index (χ0n) is 16.3. The number of aromatic nitrogens is 1. The Labute approximate surface area is 160 Å². The van der Waals surface area contributed by atoms with Crippen LogP contribution in [0.1, 0.15) is 40.0 Å². The Morgan fingerprint density at radius 1 is 1.30 bits per heavy atom. The lowest BCUT2D eigenvalue weighted by Gasteiger charge is -2.31. The van der Waals surface area contributed by atoms with Crippen LogP contribution in [0.5, 0.6) is 0 Å². The second kappa shape index (κ2) is 8.05. The maximum atomic E-state index is 12.9. The van der Waals surface area contributed by atoms with E-state index in [4.69, 9.17) is 5.73 Å². The third kappa shape index (κ3) is 4.27. The average molecular weight is 368 g/mol. The van der Waals surface area contributed by atoms with Crippen molar-refractivity contribution in [2.24, 2.45) is 11.7 Å². The SMILES string of the molecule is Cc1ccc2nc(C)c(C)c(C(=O)NCCN3CCC[C@H](C(N)=O)C3)c2c1. The topological polar surface area (TPSA) is 88.3 Å². The van der Waals surface area contributed by atoms with Gasteiger partial charge in [0.25, 0.3) is 5.91 Å². The third-order valence-electron chi connectivity index (χ3n) is 5.48. The van der Waals surface area contributed by atoms with Gasteiger partial charge in [-0.1, -0.05) is 11.6 Å². The zero-order valence-corrected chi connectivity index (χ0v) is 16.3. The molecule has 0 spiro atoms. The number of aryl methyl sites for hydroxylation is 2. The number of likely N-dealkylation sites (tertiary alicyclic amines) is 1. The van der Waals surface area contributed by atoms with Gasteiger partial charge in [0.15, 0.2) is 0 Å². The summed E-state index contributed by atoms with van der Waals surface area (Å²) in [4.78, 5) is 31.1. The quantitative estimate of drug-likeness (QED) is 0.846. The largest absolute Gasteiger partial charge is 0.369 e. The van der Waals surface area contributed by atoms with Crippen LogP contribution in [-0.2, 0) is 4.79 Å². The molecule has 0 bridgehead atoms. The van der Waals surface area contributed by atoms with Crippen LogP contribution in [0.2, 0.25) is 0 Å². The molecule has 1 aliphatic rings. The van der Waals surface area contributed by atoms with Crippen LogP contribution in [0, 0.1) is 26.7 Å². The van der Waals surface area contributed by atoms with Crippen molar-refractivity contribution in [2.45, 2.75) is 33.6 Å². The molecule has 144 valence electrons. The van der Waals surface area contributed by atoms with Gasteiger partial charge in [0.2, 0.25) is 5.91 Å². The van der Waals surface area contributed by atoms with Crippen LogP contribution >= 0.6 is 0 Å². The summed E-state index contributed by atoms with van der Waals surface area (Å²) in [6.45, 7) is 8.77. The molecule has 6 heteroatoms. The number of amides is 2. The summed E-state index contributed by atoms with van der Waals surface area (Å²) in [5, 5.41) is 3.94. The minimum atomic E-state index is -0.228. The normalized spacial score (nSPS) is 17.8. The van der Waals surface area contributed by atoms with Gasteiger partial charge < -0.3 is 16.0 Å². The van der Waals surface area contributed by atoms with E-state index in [9.17, 15) is 9.59 Å². The number of nitrogens with zero attached hydrogens (tertiary/aromatic N) is 2. The molecule has 1 fully saturated rings. The molecule has 3 rings (SSSR count). The minimum Gasteiger partial charge on any atom is -0.369 e. The van der Waals surface area contributed by atoms with Crippen molar-refractivity contribution >= 4 is 22.7 Å². The summed E-state index contributed by atoms with van der Waals surface area (Å²) < 4.78 is 0. The van der Waals surface area contributed by atoms with Crippen LogP contribution in [0.4, 0.5) is 0 Å². The van der Waals surface area contributed by atoms with E-state index in [1.165, 1.54) is 0 Å². The Balaban J connectivity index is 1.70. The van der Waals surface area contributed by atoms with Gasteiger partial charge in [0.1, 0.15) is 0 Å². The van der Waals surface area contributed by atoms with Crippen molar-refractivity contribution in [2.75, 3.05) is 26.2 Å². The molecule has 1 aliphatic heterocycles. The van der Waals surface area contributed by atoms with Crippen LogP contribution < -0.4 is 11.1 Å². The molecule has 1 aromatic heterocycles. The molecule has 1 saturated heterocycles.